The molecule has 21 heavy (non-hydrogen) atoms. The number of nitrogens with one attached hydrogen (secondary N) is 1. The molecule has 0 bridgehead atoms. The van der Waals surface area contributed by atoms with E-state index in [0.29, 0.717) is 11.2 Å². The van der Waals surface area contributed by atoms with Crippen LogP contribution in [0.25, 0.3) is 0 Å². The molecule has 9 heteroatoms. The summed E-state index contributed by atoms with van der Waals surface area (Å²) in [5.41, 5.74) is -0.669. The first kappa shape index (κ1) is 16.5. The summed E-state index contributed by atoms with van der Waals surface area (Å²) in [5, 5.41) is 6.28. The van der Waals surface area contributed by atoms with E-state index in [4.69, 9.17) is 11.6 Å². The maximum absolute atomic E-state index is 12.3. The maximum Gasteiger partial charge on any atom is 0.408 e. The number of alkyl halides is 3. The fourth-order valence-corrected chi connectivity index (χ4v) is 3.59. The van der Waals surface area contributed by atoms with Gasteiger partial charge in [-0.2, -0.15) is 30.0 Å². The van der Waals surface area contributed by atoms with Crippen molar-refractivity contribution in [2.45, 2.75) is 37.2 Å². The molecule has 118 valence electrons. The molecule has 4 nitrogen and oxygen atoms in total. The van der Waals surface area contributed by atoms with Crippen LogP contribution in [0, 0.1) is 0 Å². The van der Waals surface area contributed by atoms with Gasteiger partial charge >= 0.3 is 6.18 Å². The van der Waals surface area contributed by atoms with Crippen molar-refractivity contribution in [2.75, 3.05) is 17.6 Å². The number of hydrogen-bond donors (Lipinski definition) is 1. The monoisotopic (exact) mass is 341 g/mol. The second kappa shape index (κ2) is 6.08. The molecule has 1 fully saturated rings. The Morgan fingerprint density at radius 3 is 2.86 bits per heavy atom. The highest BCUT2D eigenvalue weighted by molar-refractivity contribution is 8.00. The average Bonchev–Trinajstić information content (AvgIpc) is 2.80. The lowest BCUT2D eigenvalue weighted by molar-refractivity contribution is -0.143. The summed E-state index contributed by atoms with van der Waals surface area (Å²) in [6.45, 7) is 1.24. The van der Waals surface area contributed by atoms with Crippen molar-refractivity contribution in [3.05, 3.63) is 21.6 Å². The highest BCUT2D eigenvalue weighted by Gasteiger charge is 2.31. The van der Waals surface area contributed by atoms with E-state index in [2.05, 4.69) is 17.3 Å². The highest BCUT2D eigenvalue weighted by Crippen LogP contribution is 2.37. The quantitative estimate of drug-likeness (QED) is 0.914. The molecule has 1 N–H and O–H groups in total. The summed E-state index contributed by atoms with van der Waals surface area (Å²) in [6.07, 6.45) is -1.18. The highest BCUT2D eigenvalue weighted by atomic mass is 35.5. The van der Waals surface area contributed by atoms with E-state index in [1.54, 1.807) is 0 Å². The standard InChI is InChI=1S/C12H15ClF3N3OS/c1-11(3-2-4-21-11)6-17-8-5-18-19(7-12(14,15)16)10(20)9(8)13/h5,17H,2-4,6-7H2,1H3. The summed E-state index contributed by atoms with van der Waals surface area (Å²) in [4.78, 5) is 11.8. The van der Waals surface area contributed by atoms with Gasteiger partial charge in [-0.15, -0.1) is 0 Å². The molecular formula is C12H15ClF3N3OS. The second-order valence-corrected chi connectivity index (χ2v) is 7.27. The topological polar surface area (TPSA) is 46.9 Å². The Morgan fingerprint density at radius 1 is 1.57 bits per heavy atom. The summed E-state index contributed by atoms with van der Waals surface area (Å²) >= 11 is 7.68. The fourth-order valence-electron chi connectivity index (χ4n) is 2.13. The molecule has 0 aliphatic carbocycles. The third kappa shape index (κ3) is 4.29. The third-order valence-electron chi connectivity index (χ3n) is 3.27. The summed E-state index contributed by atoms with van der Waals surface area (Å²) in [7, 11) is 0. The van der Waals surface area contributed by atoms with E-state index >= 15 is 0 Å². The normalized spacial score (nSPS) is 22.5. The average molecular weight is 342 g/mol. The van der Waals surface area contributed by atoms with Crippen molar-refractivity contribution in [1.82, 2.24) is 9.78 Å². The molecule has 0 spiro atoms. The van der Waals surface area contributed by atoms with Crippen LogP contribution < -0.4 is 10.9 Å². The van der Waals surface area contributed by atoms with E-state index in [0.717, 1.165) is 18.6 Å². The minimum atomic E-state index is -4.51. The second-order valence-electron chi connectivity index (χ2n) is 5.21. The summed E-state index contributed by atoms with van der Waals surface area (Å²) < 4.78 is 37.3. The van der Waals surface area contributed by atoms with Gasteiger partial charge in [0.2, 0.25) is 0 Å². The first-order valence-corrected chi connectivity index (χ1v) is 7.77. The Hall–Kier alpha value is -0.890. The molecule has 1 unspecified atom stereocenters. The van der Waals surface area contributed by atoms with Crippen molar-refractivity contribution < 1.29 is 13.2 Å². The van der Waals surface area contributed by atoms with Crippen molar-refractivity contribution in [3.8, 4) is 0 Å². The molecule has 1 aromatic heterocycles. The van der Waals surface area contributed by atoms with Gasteiger partial charge in [0, 0.05) is 11.3 Å². The van der Waals surface area contributed by atoms with Crippen LogP contribution >= 0.6 is 23.4 Å². The Morgan fingerprint density at radius 2 is 2.29 bits per heavy atom. The Labute approximate surface area is 129 Å². The van der Waals surface area contributed by atoms with Crippen molar-refractivity contribution in [2.24, 2.45) is 0 Å². The van der Waals surface area contributed by atoms with E-state index in [1.807, 2.05) is 11.8 Å². The predicted molar refractivity (Wildman–Crippen MR) is 78.1 cm³/mol. The Bertz CT molecular complexity index is 570. The SMILES string of the molecule is CC1(CNc2cnn(CC(F)(F)F)c(=O)c2Cl)CCCS1. The van der Waals surface area contributed by atoms with Gasteiger partial charge in [-0.3, -0.25) is 4.79 Å². The van der Waals surface area contributed by atoms with Gasteiger partial charge in [-0.05, 0) is 25.5 Å². The van der Waals surface area contributed by atoms with Crippen LogP contribution in [0.5, 0.6) is 0 Å². The van der Waals surface area contributed by atoms with Crippen LogP contribution in [0.4, 0.5) is 18.9 Å². The van der Waals surface area contributed by atoms with Crippen molar-refractivity contribution in [1.29, 1.82) is 0 Å². The Balaban J connectivity index is 2.11. The molecule has 1 aliphatic heterocycles. The summed E-state index contributed by atoms with van der Waals surface area (Å²) in [5.74, 6) is 1.08. The van der Waals surface area contributed by atoms with Crippen LogP contribution in [0.1, 0.15) is 19.8 Å². The molecule has 1 atom stereocenters. The minimum absolute atomic E-state index is 0.0458. The molecule has 2 rings (SSSR count). The number of rotatable bonds is 4. The Kier molecular flexibility index (Phi) is 4.77. The van der Waals surface area contributed by atoms with E-state index in [1.165, 1.54) is 6.20 Å². The lowest BCUT2D eigenvalue weighted by atomic mass is 10.1. The largest absolute Gasteiger partial charge is 0.408 e. The molecule has 2 heterocycles. The molecule has 1 aromatic rings. The van der Waals surface area contributed by atoms with Gasteiger partial charge < -0.3 is 5.32 Å². The maximum atomic E-state index is 12.3. The van der Waals surface area contributed by atoms with E-state index in [-0.39, 0.29) is 15.5 Å². The van der Waals surface area contributed by atoms with Gasteiger partial charge in [-0.25, -0.2) is 4.68 Å². The number of anilines is 1. The molecule has 0 amide bonds. The van der Waals surface area contributed by atoms with Crippen LogP contribution in [0.15, 0.2) is 11.0 Å². The molecule has 1 saturated heterocycles. The van der Waals surface area contributed by atoms with Crippen molar-refractivity contribution in [3.63, 3.8) is 0 Å². The van der Waals surface area contributed by atoms with Crippen molar-refractivity contribution >= 4 is 29.1 Å². The predicted octanol–water partition coefficient (Wildman–Crippen LogP) is 3.16. The zero-order valence-corrected chi connectivity index (χ0v) is 12.9. The first-order chi connectivity index (χ1) is 9.70. The van der Waals surface area contributed by atoms with Gasteiger partial charge in [-0.1, -0.05) is 11.6 Å². The molecule has 1 aliphatic rings. The van der Waals surface area contributed by atoms with Gasteiger partial charge in [0.1, 0.15) is 11.6 Å². The van der Waals surface area contributed by atoms with Crippen LogP contribution in [-0.2, 0) is 6.54 Å². The molecular weight excluding hydrogens is 327 g/mol. The smallest absolute Gasteiger partial charge is 0.381 e. The van der Waals surface area contributed by atoms with Gasteiger partial charge in [0.05, 0.1) is 11.9 Å². The fraction of sp³-hybridized carbons (Fsp3) is 0.667. The molecule has 0 saturated carbocycles. The zero-order valence-electron chi connectivity index (χ0n) is 11.3. The zero-order chi connectivity index (χ0) is 15.7. The number of thioether (sulfide) groups is 1. The lowest BCUT2D eigenvalue weighted by Gasteiger charge is -2.23. The first-order valence-electron chi connectivity index (χ1n) is 6.40. The lowest BCUT2D eigenvalue weighted by Crippen LogP contribution is -2.32. The number of halogens is 4. The van der Waals surface area contributed by atoms with Crippen LogP contribution in [0.3, 0.4) is 0 Å². The van der Waals surface area contributed by atoms with E-state index < -0.39 is 18.3 Å². The third-order valence-corrected chi connectivity index (χ3v) is 5.17. The number of aromatic nitrogens is 2. The molecule has 0 aromatic carbocycles. The number of nitrogens with zero attached hydrogens (tertiary/aromatic N) is 2. The van der Waals surface area contributed by atoms with Crippen LogP contribution in [-0.4, -0.2) is 33.0 Å². The summed E-state index contributed by atoms with van der Waals surface area (Å²) in [6, 6.07) is 0. The van der Waals surface area contributed by atoms with Gasteiger partial charge in [0.15, 0.2) is 0 Å². The minimum Gasteiger partial charge on any atom is -0.381 e. The number of hydrogen-bond acceptors (Lipinski definition) is 4. The molecule has 0 radical (unpaired) electrons. The van der Waals surface area contributed by atoms with E-state index in [9.17, 15) is 18.0 Å². The van der Waals surface area contributed by atoms with Crippen LogP contribution in [0.2, 0.25) is 5.02 Å². The van der Waals surface area contributed by atoms with Gasteiger partial charge in [0.25, 0.3) is 5.56 Å².